The summed E-state index contributed by atoms with van der Waals surface area (Å²) in [5.41, 5.74) is 2.10. The third kappa shape index (κ3) is 3.80. The van der Waals surface area contributed by atoms with Crippen LogP contribution in [0.15, 0.2) is 42.6 Å². The minimum atomic E-state index is -0.516. The Balaban J connectivity index is 2.10. The molecule has 1 N–H and O–H groups in total. The maximum absolute atomic E-state index is 9.53. The van der Waals surface area contributed by atoms with Gasteiger partial charge in [0.1, 0.15) is 5.75 Å². The molecule has 1 aromatic heterocycles. The molecule has 3 heteroatoms. The molecule has 0 radical (unpaired) electrons. The number of aryl methyl sites for hydroxylation is 1. The summed E-state index contributed by atoms with van der Waals surface area (Å²) in [4.78, 5) is 4.14. The number of aliphatic hydroxyl groups excluding tert-OH is 1. The minimum Gasteiger partial charge on any atom is -0.439 e. The maximum Gasteiger partial charge on any atom is 0.219 e. The Kier molecular flexibility index (Phi) is 4.53. The average molecular weight is 257 g/mol. The molecule has 0 aliphatic carbocycles. The van der Waals surface area contributed by atoms with Crippen LogP contribution in [0.5, 0.6) is 11.6 Å². The largest absolute Gasteiger partial charge is 0.439 e. The van der Waals surface area contributed by atoms with Gasteiger partial charge in [0.2, 0.25) is 5.88 Å². The first-order valence-electron chi connectivity index (χ1n) is 6.60. The van der Waals surface area contributed by atoms with Crippen molar-refractivity contribution in [2.45, 2.75) is 32.8 Å². The van der Waals surface area contributed by atoms with E-state index in [1.54, 1.807) is 25.3 Å². The molecule has 0 spiro atoms. The number of nitrogens with zero attached hydrogens (tertiary/aromatic N) is 1. The molecular weight excluding hydrogens is 238 g/mol. The van der Waals surface area contributed by atoms with E-state index in [1.807, 2.05) is 12.1 Å². The van der Waals surface area contributed by atoms with Crippen LogP contribution in [-0.4, -0.2) is 10.1 Å². The molecule has 2 aromatic rings. The van der Waals surface area contributed by atoms with Crippen molar-refractivity contribution in [1.29, 1.82) is 0 Å². The maximum atomic E-state index is 9.53. The van der Waals surface area contributed by atoms with E-state index in [9.17, 15) is 5.11 Å². The standard InChI is InChI=1S/C16H19NO2/c1-3-4-13-5-7-15(8-6-13)19-16-11-14(12(2)18)9-10-17-16/h5-12,18H,3-4H2,1-2H3/t12-/m1/s1. The topological polar surface area (TPSA) is 42.4 Å². The van der Waals surface area contributed by atoms with Gasteiger partial charge in [0.25, 0.3) is 0 Å². The number of aromatic nitrogens is 1. The number of benzene rings is 1. The molecule has 0 fully saturated rings. The zero-order valence-corrected chi connectivity index (χ0v) is 11.3. The Morgan fingerprint density at radius 1 is 1.21 bits per heavy atom. The normalized spacial score (nSPS) is 12.2. The Morgan fingerprint density at radius 3 is 2.58 bits per heavy atom. The highest BCUT2D eigenvalue weighted by molar-refractivity contribution is 5.32. The molecule has 0 amide bonds. The van der Waals surface area contributed by atoms with Crippen LogP contribution in [0.3, 0.4) is 0 Å². The van der Waals surface area contributed by atoms with Crippen molar-refractivity contribution in [3.05, 3.63) is 53.7 Å². The molecule has 0 aliphatic heterocycles. The second-order valence-corrected chi connectivity index (χ2v) is 4.60. The predicted octanol–water partition coefficient (Wildman–Crippen LogP) is 3.88. The number of hydrogen-bond acceptors (Lipinski definition) is 3. The second kappa shape index (κ2) is 6.34. The second-order valence-electron chi connectivity index (χ2n) is 4.60. The number of rotatable bonds is 5. The highest BCUT2D eigenvalue weighted by Crippen LogP contribution is 2.22. The molecule has 0 bridgehead atoms. The highest BCUT2D eigenvalue weighted by atomic mass is 16.5. The van der Waals surface area contributed by atoms with E-state index in [0.29, 0.717) is 5.88 Å². The first kappa shape index (κ1) is 13.6. The van der Waals surface area contributed by atoms with E-state index in [2.05, 4.69) is 24.0 Å². The van der Waals surface area contributed by atoms with E-state index in [-0.39, 0.29) is 0 Å². The van der Waals surface area contributed by atoms with Crippen LogP contribution in [0.1, 0.15) is 37.5 Å². The van der Waals surface area contributed by atoms with E-state index in [0.717, 1.165) is 24.2 Å². The summed E-state index contributed by atoms with van der Waals surface area (Å²) in [7, 11) is 0. The van der Waals surface area contributed by atoms with E-state index >= 15 is 0 Å². The number of aliphatic hydroxyl groups is 1. The molecule has 2 rings (SSSR count). The summed E-state index contributed by atoms with van der Waals surface area (Å²) in [6.07, 6.45) is 3.34. The number of pyridine rings is 1. The molecule has 1 aromatic carbocycles. The predicted molar refractivity (Wildman–Crippen MR) is 75.4 cm³/mol. The van der Waals surface area contributed by atoms with Crippen LogP contribution in [-0.2, 0) is 6.42 Å². The summed E-state index contributed by atoms with van der Waals surface area (Å²) in [5.74, 6) is 1.26. The zero-order chi connectivity index (χ0) is 13.7. The number of hydrogen-bond donors (Lipinski definition) is 1. The van der Waals surface area contributed by atoms with Gasteiger partial charge >= 0.3 is 0 Å². The van der Waals surface area contributed by atoms with Crippen molar-refractivity contribution in [3.63, 3.8) is 0 Å². The molecular formula is C16H19NO2. The first-order chi connectivity index (χ1) is 9.19. The zero-order valence-electron chi connectivity index (χ0n) is 11.3. The van der Waals surface area contributed by atoms with Gasteiger partial charge in [-0.15, -0.1) is 0 Å². The molecule has 0 aliphatic rings. The van der Waals surface area contributed by atoms with Crippen molar-refractivity contribution in [1.82, 2.24) is 4.98 Å². The smallest absolute Gasteiger partial charge is 0.219 e. The monoisotopic (exact) mass is 257 g/mol. The molecule has 0 unspecified atom stereocenters. The van der Waals surface area contributed by atoms with E-state index in [1.165, 1.54) is 5.56 Å². The summed E-state index contributed by atoms with van der Waals surface area (Å²) in [5, 5.41) is 9.53. The van der Waals surface area contributed by atoms with Crippen LogP contribution >= 0.6 is 0 Å². The van der Waals surface area contributed by atoms with Gasteiger partial charge in [0, 0.05) is 12.3 Å². The van der Waals surface area contributed by atoms with E-state index < -0.39 is 6.10 Å². The third-order valence-electron chi connectivity index (χ3n) is 2.93. The Bertz CT molecular complexity index is 521. The van der Waals surface area contributed by atoms with Gasteiger partial charge in [-0.05, 0) is 42.7 Å². The third-order valence-corrected chi connectivity index (χ3v) is 2.93. The molecule has 3 nitrogen and oxygen atoms in total. The van der Waals surface area contributed by atoms with Gasteiger partial charge < -0.3 is 9.84 Å². The fraction of sp³-hybridized carbons (Fsp3) is 0.312. The molecule has 19 heavy (non-hydrogen) atoms. The van der Waals surface area contributed by atoms with E-state index in [4.69, 9.17) is 4.74 Å². The molecule has 1 atom stereocenters. The fourth-order valence-electron chi connectivity index (χ4n) is 1.87. The Hall–Kier alpha value is -1.87. The molecule has 0 saturated carbocycles. The van der Waals surface area contributed by atoms with Crippen molar-refractivity contribution in [3.8, 4) is 11.6 Å². The number of ether oxygens (including phenoxy) is 1. The Morgan fingerprint density at radius 2 is 1.95 bits per heavy atom. The van der Waals surface area contributed by atoms with Gasteiger partial charge in [0.15, 0.2) is 0 Å². The van der Waals surface area contributed by atoms with Crippen molar-refractivity contribution in [2.24, 2.45) is 0 Å². The average Bonchev–Trinajstić information content (AvgIpc) is 2.42. The lowest BCUT2D eigenvalue weighted by Crippen LogP contribution is -1.94. The van der Waals surface area contributed by atoms with Gasteiger partial charge in [-0.2, -0.15) is 0 Å². The van der Waals surface area contributed by atoms with Crippen LogP contribution in [0, 0.1) is 0 Å². The highest BCUT2D eigenvalue weighted by Gasteiger charge is 2.04. The van der Waals surface area contributed by atoms with Crippen LogP contribution in [0.2, 0.25) is 0 Å². The van der Waals surface area contributed by atoms with Gasteiger partial charge in [-0.3, -0.25) is 0 Å². The lowest BCUT2D eigenvalue weighted by molar-refractivity contribution is 0.198. The summed E-state index contributed by atoms with van der Waals surface area (Å²) >= 11 is 0. The first-order valence-corrected chi connectivity index (χ1v) is 6.60. The van der Waals surface area contributed by atoms with Crippen LogP contribution in [0.4, 0.5) is 0 Å². The van der Waals surface area contributed by atoms with Gasteiger partial charge in [-0.1, -0.05) is 25.5 Å². The summed E-state index contributed by atoms with van der Waals surface area (Å²) < 4.78 is 5.68. The molecule has 100 valence electrons. The van der Waals surface area contributed by atoms with Crippen molar-refractivity contribution < 1.29 is 9.84 Å². The van der Waals surface area contributed by atoms with Gasteiger partial charge in [-0.25, -0.2) is 4.98 Å². The lowest BCUT2D eigenvalue weighted by Gasteiger charge is -2.08. The van der Waals surface area contributed by atoms with Crippen molar-refractivity contribution >= 4 is 0 Å². The van der Waals surface area contributed by atoms with Gasteiger partial charge in [0.05, 0.1) is 6.10 Å². The fourth-order valence-corrected chi connectivity index (χ4v) is 1.87. The van der Waals surface area contributed by atoms with Crippen molar-refractivity contribution in [2.75, 3.05) is 0 Å². The minimum absolute atomic E-state index is 0.502. The summed E-state index contributed by atoms with van der Waals surface area (Å²) in [6, 6.07) is 11.6. The molecule has 1 heterocycles. The molecule has 0 saturated heterocycles. The SMILES string of the molecule is CCCc1ccc(Oc2cc([C@@H](C)O)ccn2)cc1. The summed E-state index contributed by atoms with van der Waals surface area (Å²) in [6.45, 7) is 3.88. The quantitative estimate of drug-likeness (QED) is 0.883. The van der Waals surface area contributed by atoms with Crippen LogP contribution < -0.4 is 4.74 Å². The lowest BCUT2D eigenvalue weighted by atomic mass is 10.1. The van der Waals surface area contributed by atoms with Crippen LogP contribution in [0.25, 0.3) is 0 Å². The Labute approximate surface area is 113 Å².